The molecule has 9 heteroatoms. The first-order valence-corrected chi connectivity index (χ1v) is 11.3. The molecule has 3 heterocycles. The number of carbonyl (C=O) groups is 1. The minimum atomic E-state index is -0.952. The van der Waals surface area contributed by atoms with Gasteiger partial charge in [-0.15, -0.1) is 0 Å². The van der Waals surface area contributed by atoms with Crippen molar-refractivity contribution in [2.45, 2.75) is 33.4 Å². The van der Waals surface area contributed by atoms with E-state index in [9.17, 15) is 18.0 Å². The lowest BCUT2D eigenvalue weighted by Gasteiger charge is -2.33. The zero-order chi connectivity index (χ0) is 24.1. The van der Waals surface area contributed by atoms with Crippen LogP contribution in [-0.4, -0.2) is 45.4 Å². The van der Waals surface area contributed by atoms with Gasteiger partial charge < -0.3 is 4.57 Å². The van der Waals surface area contributed by atoms with Crippen molar-refractivity contribution in [3.05, 3.63) is 71.2 Å². The molecule has 0 unspecified atom stereocenters. The van der Waals surface area contributed by atoms with Gasteiger partial charge in [-0.1, -0.05) is 19.9 Å². The number of hydrogen-bond acceptors (Lipinski definition) is 4. The summed E-state index contributed by atoms with van der Waals surface area (Å²) in [5, 5.41) is 0. The van der Waals surface area contributed by atoms with Crippen molar-refractivity contribution in [1.82, 2.24) is 14.5 Å². The number of aromatic nitrogens is 2. The molecule has 1 atom stereocenters. The Morgan fingerprint density at radius 3 is 2.44 bits per heavy atom. The number of nitrogens with zero attached hydrogens (tertiary/aromatic N) is 5. The number of amides is 1. The third-order valence-electron chi connectivity index (χ3n) is 6.29. The standard InChI is InChI=1S/C25H24F3N5O/c1-4-31-24(34)21-23(33-13-20(14(2)3)29-25(31)33)32(12-15-5-10-18(27)19(28)11-15)22(30-21)16-6-8-17(26)9-7-16/h5-11,14,20H,4,12-13H2,1-3H3/t20-/m0/s1. The van der Waals surface area contributed by atoms with E-state index in [1.165, 1.54) is 18.2 Å². The lowest BCUT2D eigenvalue weighted by Crippen LogP contribution is -2.50. The molecule has 0 spiro atoms. The number of carbonyl (C=O) groups excluding carboxylic acids is 1. The Hall–Kier alpha value is -3.62. The first-order valence-electron chi connectivity index (χ1n) is 11.3. The van der Waals surface area contributed by atoms with Gasteiger partial charge in [0.25, 0.3) is 5.91 Å². The first kappa shape index (κ1) is 22.2. The van der Waals surface area contributed by atoms with Crippen molar-refractivity contribution < 1.29 is 18.0 Å². The zero-order valence-electron chi connectivity index (χ0n) is 19.1. The molecular formula is C25H24F3N5O. The van der Waals surface area contributed by atoms with Crippen LogP contribution in [0, 0.1) is 23.4 Å². The molecule has 5 rings (SSSR count). The minimum absolute atomic E-state index is 0.0105. The highest BCUT2D eigenvalue weighted by Gasteiger charge is 2.44. The van der Waals surface area contributed by atoms with Crippen LogP contribution in [0.1, 0.15) is 36.8 Å². The second-order valence-corrected chi connectivity index (χ2v) is 8.85. The molecule has 6 nitrogen and oxygen atoms in total. The topological polar surface area (TPSA) is 53.7 Å². The number of anilines is 1. The Labute approximate surface area is 195 Å². The molecule has 3 aromatic rings. The van der Waals surface area contributed by atoms with Gasteiger partial charge in [-0.2, -0.15) is 0 Å². The molecule has 176 valence electrons. The second kappa shape index (κ2) is 8.30. The van der Waals surface area contributed by atoms with Crippen LogP contribution in [-0.2, 0) is 6.54 Å². The van der Waals surface area contributed by atoms with Crippen molar-refractivity contribution in [2.75, 3.05) is 18.0 Å². The van der Waals surface area contributed by atoms with Crippen molar-refractivity contribution in [3.63, 3.8) is 0 Å². The molecule has 2 aromatic carbocycles. The van der Waals surface area contributed by atoms with Crippen LogP contribution in [0.4, 0.5) is 19.0 Å². The number of rotatable bonds is 5. The summed E-state index contributed by atoms with van der Waals surface area (Å²) in [4.78, 5) is 26.5. The Morgan fingerprint density at radius 1 is 1.06 bits per heavy atom. The van der Waals surface area contributed by atoms with E-state index in [0.29, 0.717) is 41.8 Å². The molecule has 34 heavy (non-hydrogen) atoms. The van der Waals surface area contributed by atoms with E-state index in [2.05, 4.69) is 18.8 Å². The zero-order valence-corrected chi connectivity index (χ0v) is 19.1. The summed E-state index contributed by atoms with van der Waals surface area (Å²) >= 11 is 0. The van der Waals surface area contributed by atoms with E-state index in [-0.39, 0.29) is 30.1 Å². The second-order valence-electron chi connectivity index (χ2n) is 8.85. The third kappa shape index (κ3) is 3.55. The molecule has 0 saturated carbocycles. The molecule has 2 aliphatic rings. The fraction of sp³-hybridized carbons (Fsp3) is 0.320. The average Bonchev–Trinajstić information content (AvgIpc) is 3.40. The molecule has 0 fully saturated rings. The van der Waals surface area contributed by atoms with Gasteiger partial charge in [0.1, 0.15) is 17.5 Å². The lowest BCUT2D eigenvalue weighted by molar-refractivity contribution is 0.0841. The molecule has 0 N–H and O–H groups in total. The van der Waals surface area contributed by atoms with E-state index >= 15 is 0 Å². The van der Waals surface area contributed by atoms with Gasteiger partial charge in [-0.25, -0.2) is 23.1 Å². The van der Waals surface area contributed by atoms with Crippen LogP contribution in [0.3, 0.4) is 0 Å². The number of guanidine groups is 1. The molecular weight excluding hydrogens is 443 g/mol. The lowest BCUT2D eigenvalue weighted by atomic mass is 10.1. The highest BCUT2D eigenvalue weighted by Crippen LogP contribution is 2.37. The normalized spacial score (nSPS) is 17.3. The molecule has 1 amide bonds. The van der Waals surface area contributed by atoms with Crippen LogP contribution in [0.15, 0.2) is 47.5 Å². The number of benzene rings is 2. The predicted octanol–water partition coefficient (Wildman–Crippen LogP) is 4.69. The summed E-state index contributed by atoms with van der Waals surface area (Å²) in [6.45, 7) is 7.17. The van der Waals surface area contributed by atoms with Crippen LogP contribution < -0.4 is 4.90 Å². The van der Waals surface area contributed by atoms with Crippen LogP contribution in [0.25, 0.3) is 11.4 Å². The summed E-state index contributed by atoms with van der Waals surface area (Å²) in [7, 11) is 0. The molecule has 0 saturated heterocycles. The fourth-order valence-corrected chi connectivity index (χ4v) is 4.44. The van der Waals surface area contributed by atoms with Crippen molar-refractivity contribution in [2.24, 2.45) is 10.9 Å². The third-order valence-corrected chi connectivity index (χ3v) is 6.29. The largest absolute Gasteiger partial charge is 0.305 e. The molecule has 0 bridgehead atoms. The molecule has 2 aliphatic heterocycles. The maximum Gasteiger partial charge on any atom is 0.283 e. The van der Waals surface area contributed by atoms with Gasteiger partial charge in [0.05, 0.1) is 19.1 Å². The van der Waals surface area contributed by atoms with Gasteiger partial charge in [-0.05, 0) is 54.8 Å². The van der Waals surface area contributed by atoms with Crippen LogP contribution in [0.2, 0.25) is 0 Å². The first-order chi connectivity index (χ1) is 16.3. The van der Waals surface area contributed by atoms with E-state index in [4.69, 9.17) is 4.99 Å². The average molecular weight is 467 g/mol. The predicted molar refractivity (Wildman–Crippen MR) is 123 cm³/mol. The summed E-state index contributed by atoms with van der Waals surface area (Å²) in [5.74, 6) is -0.734. The molecule has 1 aromatic heterocycles. The molecule has 0 aliphatic carbocycles. The number of hydrogen-bond donors (Lipinski definition) is 0. The van der Waals surface area contributed by atoms with E-state index in [1.54, 1.807) is 21.6 Å². The summed E-state index contributed by atoms with van der Waals surface area (Å²) in [5.41, 5.74) is 1.37. The van der Waals surface area contributed by atoms with Crippen molar-refractivity contribution >= 4 is 17.7 Å². The highest BCUT2D eigenvalue weighted by molar-refractivity contribution is 6.18. The monoisotopic (exact) mass is 467 g/mol. The highest BCUT2D eigenvalue weighted by atomic mass is 19.2. The Balaban J connectivity index is 1.71. The van der Waals surface area contributed by atoms with E-state index < -0.39 is 17.5 Å². The summed E-state index contributed by atoms with van der Waals surface area (Å²) in [6, 6.07) is 9.51. The van der Waals surface area contributed by atoms with Gasteiger partial charge in [-0.3, -0.25) is 14.6 Å². The minimum Gasteiger partial charge on any atom is -0.305 e. The Kier molecular flexibility index (Phi) is 5.42. The summed E-state index contributed by atoms with van der Waals surface area (Å²) < 4.78 is 43.0. The number of halogens is 3. The van der Waals surface area contributed by atoms with Crippen molar-refractivity contribution in [1.29, 1.82) is 0 Å². The number of fused-ring (bicyclic) bond motifs is 3. The summed E-state index contributed by atoms with van der Waals surface area (Å²) in [6.07, 6.45) is 0. The Bertz CT molecular complexity index is 1300. The van der Waals surface area contributed by atoms with Gasteiger partial charge in [0, 0.05) is 12.1 Å². The number of aliphatic imine (C=N–C) groups is 1. The fourth-order valence-electron chi connectivity index (χ4n) is 4.44. The Morgan fingerprint density at radius 2 is 1.79 bits per heavy atom. The van der Waals surface area contributed by atoms with Crippen LogP contribution in [0.5, 0.6) is 0 Å². The molecule has 0 radical (unpaired) electrons. The van der Waals surface area contributed by atoms with Crippen molar-refractivity contribution in [3.8, 4) is 11.4 Å². The van der Waals surface area contributed by atoms with Gasteiger partial charge >= 0.3 is 0 Å². The van der Waals surface area contributed by atoms with E-state index in [1.807, 2.05) is 11.8 Å². The van der Waals surface area contributed by atoms with Crippen LogP contribution >= 0.6 is 0 Å². The maximum absolute atomic E-state index is 14.0. The maximum atomic E-state index is 14.0. The smallest absolute Gasteiger partial charge is 0.283 e. The quantitative estimate of drug-likeness (QED) is 0.547. The van der Waals surface area contributed by atoms with Gasteiger partial charge in [0.2, 0.25) is 5.96 Å². The number of imidazole rings is 1. The SMILES string of the molecule is CCN1C(=O)c2nc(-c3ccc(F)cc3)n(Cc3ccc(F)c(F)c3)c2N2C[C@@H](C(C)C)N=C12. The van der Waals surface area contributed by atoms with Gasteiger partial charge in [0.15, 0.2) is 17.3 Å². The van der Waals surface area contributed by atoms with E-state index in [0.717, 1.165) is 12.1 Å².